The first-order valence-electron chi connectivity index (χ1n) is 8.53. The summed E-state index contributed by atoms with van der Waals surface area (Å²) >= 11 is 0. The molecule has 1 aromatic heterocycles. The molecule has 2 unspecified atom stereocenters. The number of hydrogen-bond donors (Lipinski definition) is 1. The maximum absolute atomic E-state index is 12.8. The summed E-state index contributed by atoms with van der Waals surface area (Å²) in [6.45, 7) is 0. The number of nitrogens with zero attached hydrogens (tertiary/aromatic N) is 3. The molecule has 2 bridgehead atoms. The van der Waals surface area contributed by atoms with Crippen molar-refractivity contribution in [1.29, 1.82) is 0 Å². The number of carbonyl (C=O) groups excluding carboxylic acids is 1. The van der Waals surface area contributed by atoms with Crippen LogP contribution in [0.2, 0.25) is 0 Å². The van der Waals surface area contributed by atoms with Gasteiger partial charge in [0.15, 0.2) is 11.4 Å². The Balaban J connectivity index is 1.84. The lowest BCUT2D eigenvalue weighted by Gasteiger charge is -2.36. The molecule has 0 saturated carbocycles. The van der Waals surface area contributed by atoms with Crippen molar-refractivity contribution in [2.75, 3.05) is 7.05 Å². The fourth-order valence-electron chi connectivity index (χ4n) is 4.40. The molecule has 26 heavy (non-hydrogen) atoms. The lowest BCUT2D eigenvalue weighted by atomic mass is 9.98. The van der Waals surface area contributed by atoms with Gasteiger partial charge in [0.1, 0.15) is 5.52 Å². The number of fused-ring (bicyclic) bond motifs is 3. The van der Waals surface area contributed by atoms with Gasteiger partial charge in [0.2, 0.25) is 0 Å². The predicted molar refractivity (Wildman–Crippen MR) is 87.8 cm³/mol. The number of alkyl halides is 3. The molecule has 2 saturated heterocycles. The Labute approximate surface area is 147 Å². The van der Waals surface area contributed by atoms with Gasteiger partial charge in [0.05, 0.1) is 6.04 Å². The van der Waals surface area contributed by atoms with Crippen LogP contribution in [-0.4, -0.2) is 46.1 Å². The molecule has 4 rings (SSSR count). The molecule has 9 heteroatoms. The third-order valence-corrected chi connectivity index (χ3v) is 5.57. The summed E-state index contributed by atoms with van der Waals surface area (Å²) in [5.41, 5.74) is 5.55. The third kappa shape index (κ3) is 2.80. The molecule has 0 spiro atoms. The predicted octanol–water partition coefficient (Wildman–Crippen LogP) is 2.83. The summed E-state index contributed by atoms with van der Waals surface area (Å²) in [4.78, 5) is 14.1. The first kappa shape index (κ1) is 17.1. The van der Waals surface area contributed by atoms with E-state index in [0.717, 1.165) is 25.7 Å². The average molecular weight is 368 g/mol. The van der Waals surface area contributed by atoms with Gasteiger partial charge in [0, 0.05) is 17.5 Å². The number of rotatable bonds is 3. The standard InChI is InChI=1S/C17H19F3N4O2/c1-23-9-5-6-10(23)8-11(7-9)24-15-12(14(22-24)16(21)25)3-2-4-13(15)26-17(18,19)20/h2-4,9-11H,5-8H2,1H3,(H2,21,25). The highest BCUT2D eigenvalue weighted by Crippen LogP contribution is 2.42. The summed E-state index contributed by atoms with van der Waals surface area (Å²) in [6, 6.07) is 4.82. The van der Waals surface area contributed by atoms with Crippen LogP contribution in [0.15, 0.2) is 18.2 Å². The van der Waals surface area contributed by atoms with Crippen LogP contribution in [0.4, 0.5) is 13.2 Å². The van der Waals surface area contributed by atoms with Crippen molar-refractivity contribution in [1.82, 2.24) is 14.7 Å². The van der Waals surface area contributed by atoms with Gasteiger partial charge in [0.25, 0.3) is 5.91 Å². The molecule has 2 aliphatic rings. The van der Waals surface area contributed by atoms with E-state index in [9.17, 15) is 18.0 Å². The van der Waals surface area contributed by atoms with Gasteiger partial charge < -0.3 is 15.4 Å². The van der Waals surface area contributed by atoms with E-state index in [1.54, 1.807) is 6.07 Å². The number of halogens is 3. The minimum atomic E-state index is -4.83. The zero-order chi connectivity index (χ0) is 18.6. The van der Waals surface area contributed by atoms with E-state index in [0.29, 0.717) is 12.1 Å². The second kappa shape index (κ2) is 5.87. The minimum absolute atomic E-state index is 0.0288. The molecule has 1 amide bonds. The molecule has 2 aromatic rings. The van der Waals surface area contributed by atoms with Gasteiger partial charge in [-0.25, -0.2) is 0 Å². The Morgan fingerprint density at radius 3 is 2.46 bits per heavy atom. The molecule has 3 heterocycles. The van der Waals surface area contributed by atoms with Gasteiger partial charge in [-0.1, -0.05) is 12.1 Å². The van der Waals surface area contributed by atoms with Crippen LogP contribution in [-0.2, 0) is 0 Å². The Morgan fingerprint density at radius 1 is 1.23 bits per heavy atom. The summed E-state index contributed by atoms with van der Waals surface area (Å²) < 4.78 is 44.3. The van der Waals surface area contributed by atoms with E-state index in [4.69, 9.17) is 5.73 Å². The van der Waals surface area contributed by atoms with E-state index in [1.165, 1.54) is 16.8 Å². The maximum Gasteiger partial charge on any atom is 0.573 e. The zero-order valence-corrected chi connectivity index (χ0v) is 14.2. The van der Waals surface area contributed by atoms with Gasteiger partial charge in [-0.05, 0) is 38.8 Å². The highest BCUT2D eigenvalue weighted by molar-refractivity contribution is 6.05. The van der Waals surface area contributed by atoms with Gasteiger partial charge in [-0.2, -0.15) is 5.10 Å². The monoisotopic (exact) mass is 368 g/mol. The van der Waals surface area contributed by atoms with Crippen LogP contribution in [0.3, 0.4) is 0 Å². The van der Waals surface area contributed by atoms with Crippen LogP contribution < -0.4 is 10.5 Å². The highest BCUT2D eigenvalue weighted by Gasteiger charge is 2.41. The largest absolute Gasteiger partial charge is 0.573 e. The van der Waals surface area contributed by atoms with Crippen molar-refractivity contribution in [3.05, 3.63) is 23.9 Å². The number of nitrogens with two attached hydrogens (primary N) is 1. The molecule has 6 nitrogen and oxygen atoms in total. The normalized spacial score (nSPS) is 26.4. The number of piperidine rings is 1. The highest BCUT2D eigenvalue weighted by atomic mass is 19.4. The summed E-state index contributed by atoms with van der Waals surface area (Å²) in [5.74, 6) is -1.13. The lowest BCUT2D eigenvalue weighted by Crippen LogP contribution is -2.40. The van der Waals surface area contributed by atoms with Crippen molar-refractivity contribution >= 4 is 16.8 Å². The fraction of sp³-hybridized carbons (Fsp3) is 0.529. The first-order valence-corrected chi connectivity index (χ1v) is 8.53. The number of carbonyl (C=O) groups is 1. The van der Waals surface area contributed by atoms with E-state index in [1.807, 2.05) is 0 Å². The number of amides is 1. The number of primary amides is 1. The lowest BCUT2D eigenvalue weighted by molar-refractivity contribution is -0.274. The van der Waals surface area contributed by atoms with Gasteiger partial charge in [-0.15, -0.1) is 13.2 Å². The summed E-state index contributed by atoms with van der Waals surface area (Å²) in [5, 5.41) is 4.58. The Kier molecular flexibility index (Phi) is 3.87. The minimum Gasteiger partial charge on any atom is -0.403 e. The molecule has 2 fully saturated rings. The van der Waals surface area contributed by atoms with E-state index >= 15 is 0 Å². The molecule has 2 aliphatic heterocycles. The van der Waals surface area contributed by atoms with E-state index in [-0.39, 0.29) is 28.4 Å². The topological polar surface area (TPSA) is 73.4 Å². The molecule has 0 aliphatic carbocycles. The third-order valence-electron chi connectivity index (χ3n) is 5.57. The van der Waals surface area contributed by atoms with Crippen molar-refractivity contribution in [3.63, 3.8) is 0 Å². The Bertz CT molecular complexity index is 850. The van der Waals surface area contributed by atoms with Gasteiger partial charge in [-0.3, -0.25) is 9.48 Å². The first-order chi connectivity index (χ1) is 12.2. The average Bonchev–Trinajstić information content (AvgIpc) is 3.00. The van der Waals surface area contributed by atoms with Crippen LogP contribution in [0.1, 0.15) is 42.2 Å². The van der Waals surface area contributed by atoms with Crippen LogP contribution in [0.5, 0.6) is 5.75 Å². The SMILES string of the molecule is CN1C2CCC1CC(n1nc(C(N)=O)c3cccc(OC(F)(F)F)c31)C2. The van der Waals surface area contributed by atoms with Crippen molar-refractivity contribution in [3.8, 4) is 5.75 Å². The van der Waals surface area contributed by atoms with Crippen LogP contribution in [0, 0.1) is 0 Å². The van der Waals surface area contributed by atoms with Crippen molar-refractivity contribution in [2.24, 2.45) is 5.73 Å². The van der Waals surface area contributed by atoms with E-state index < -0.39 is 12.3 Å². The second-order valence-electron chi connectivity index (χ2n) is 7.03. The number of para-hydroxylation sites is 1. The molecular weight excluding hydrogens is 349 g/mol. The Morgan fingerprint density at radius 2 is 1.88 bits per heavy atom. The second-order valence-corrected chi connectivity index (χ2v) is 7.03. The van der Waals surface area contributed by atoms with Crippen LogP contribution in [0.25, 0.3) is 10.9 Å². The maximum atomic E-state index is 12.8. The molecule has 2 atom stereocenters. The van der Waals surface area contributed by atoms with Crippen molar-refractivity contribution in [2.45, 2.75) is 50.2 Å². The number of ether oxygens (including phenoxy) is 1. The van der Waals surface area contributed by atoms with E-state index in [2.05, 4.69) is 21.8 Å². The van der Waals surface area contributed by atoms with Gasteiger partial charge >= 0.3 is 6.36 Å². The quantitative estimate of drug-likeness (QED) is 0.904. The van der Waals surface area contributed by atoms with Crippen molar-refractivity contribution < 1.29 is 22.7 Å². The number of benzene rings is 1. The summed E-state index contributed by atoms with van der Waals surface area (Å²) in [7, 11) is 2.08. The molecule has 140 valence electrons. The summed E-state index contributed by atoms with van der Waals surface area (Å²) in [6.07, 6.45) is -1.18. The molecule has 0 radical (unpaired) electrons. The van der Waals surface area contributed by atoms with Crippen LogP contribution >= 0.6 is 0 Å². The smallest absolute Gasteiger partial charge is 0.403 e. The number of hydrogen-bond acceptors (Lipinski definition) is 4. The molecule has 1 aromatic carbocycles. The zero-order valence-electron chi connectivity index (χ0n) is 14.2. The fourth-order valence-corrected chi connectivity index (χ4v) is 4.40. The Hall–Kier alpha value is -2.29. The number of aromatic nitrogens is 2. The molecular formula is C17H19F3N4O2. The molecule has 2 N–H and O–H groups in total.